The molecule has 1 saturated carbocycles. The van der Waals surface area contributed by atoms with Crippen LogP contribution < -0.4 is 15.4 Å². The summed E-state index contributed by atoms with van der Waals surface area (Å²) in [5.41, 5.74) is 2.21. The third-order valence-electron chi connectivity index (χ3n) is 10.2. The number of rotatable bonds is 16. The maximum absolute atomic E-state index is 14.1. The maximum Gasteiger partial charge on any atom is 0.407 e. The summed E-state index contributed by atoms with van der Waals surface area (Å²) >= 11 is 0. The third-order valence-corrected chi connectivity index (χ3v) is 10.2. The number of hydrogen-bond acceptors (Lipinski definition) is 7. The molecular formula is C41H63N3O6. The monoisotopic (exact) mass is 693 g/mol. The Balaban J connectivity index is 1.51. The van der Waals surface area contributed by atoms with Crippen molar-refractivity contribution in [1.82, 2.24) is 15.5 Å². The van der Waals surface area contributed by atoms with E-state index >= 15 is 0 Å². The van der Waals surface area contributed by atoms with Gasteiger partial charge in [0.1, 0.15) is 18.0 Å². The van der Waals surface area contributed by atoms with Gasteiger partial charge in [0.2, 0.25) is 5.91 Å². The normalized spacial score (nSPS) is 20.0. The van der Waals surface area contributed by atoms with Crippen molar-refractivity contribution >= 4 is 12.0 Å². The molecule has 0 aromatic heterocycles. The molecule has 9 nitrogen and oxygen atoms in total. The van der Waals surface area contributed by atoms with Gasteiger partial charge in [-0.05, 0) is 102 Å². The van der Waals surface area contributed by atoms with Gasteiger partial charge in [0.05, 0.1) is 24.3 Å². The Morgan fingerprint density at radius 1 is 0.960 bits per heavy atom. The Morgan fingerprint density at radius 3 is 2.26 bits per heavy atom. The summed E-state index contributed by atoms with van der Waals surface area (Å²) in [4.78, 5) is 29.5. The van der Waals surface area contributed by atoms with Crippen molar-refractivity contribution in [1.29, 1.82) is 0 Å². The summed E-state index contributed by atoms with van der Waals surface area (Å²) in [6, 6.07) is 15.4. The van der Waals surface area contributed by atoms with E-state index in [1.807, 2.05) is 69.3 Å². The highest BCUT2D eigenvalue weighted by molar-refractivity contribution is 5.80. The van der Waals surface area contributed by atoms with E-state index in [9.17, 15) is 19.8 Å². The first-order valence-electron chi connectivity index (χ1n) is 18.9. The zero-order chi connectivity index (χ0) is 36.4. The van der Waals surface area contributed by atoms with E-state index in [2.05, 4.69) is 43.2 Å². The van der Waals surface area contributed by atoms with E-state index in [0.717, 1.165) is 54.7 Å². The Hall–Kier alpha value is -3.14. The van der Waals surface area contributed by atoms with Crippen LogP contribution in [0, 0.1) is 11.8 Å². The van der Waals surface area contributed by atoms with Gasteiger partial charge in [-0.25, -0.2) is 4.79 Å². The van der Waals surface area contributed by atoms with Gasteiger partial charge in [-0.2, -0.15) is 0 Å². The molecule has 2 aromatic carbocycles. The number of benzene rings is 2. The van der Waals surface area contributed by atoms with Crippen molar-refractivity contribution in [3.8, 4) is 5.75 Å². The number of fused-ring (bicyclic) bond motifs is 1. The highest BCUT2D eigenvalue weighted by atomic mass is 16.6. The second-order valence-corrected chi connectivity index (χ2v) is 16.1. The van der Waals surface area contributed by atoms with Gasteiger partial charge in [0.15, 0.2) is 0 Å². The van der Waals surface area contributed by atoms with Crippen LogP contribution in [0.4, 0.5) is 4.79 Å². The van der Waals surface area contributed by atoms with Crippen LogP contribution in [0.3, 0.4) is 0 Å². The van der Waals surface area contributed by atoms with E-state index in [4.69, 9.17) is 9.47 Å². The van der Waals surface area contributed by atoms with Gasteiger partial charge in [-0.3, -0.25) is 9.69 Å². The molecule has 0 bridgehead atoms. The van der Waals surface area contributed by atoms with Gasteiger partial charge in [-0.1, -0.05) is 68.5 Å². The standard InChI is InChI=1S/C41H63N3O6/c1-27(2)44(28(3)4)21-22-49-33-19-17-30(18-20-33)23-32(39(47)43-38-34-16-12-11-15-31(34)25-37(38)46)26-36(45)35(24-29-13-9-8-10-14-29)42-40(48)50-41(5,6)7/h11-12,15-20,27-29,32,35-38,45-46H,8-10,13-14,21-26H2,1-7H3,(H,42,48)(H,43,47)/t32?,35?,36?,37-,38-/m0/s1. The molecule has 50 heavy (non-hydrogen) atoms. The Morgan fingerprint density at radius 2 is 1.62 bits per heavy atom. The number of nitrogens with one attached hydrogen (secondary N) is 2. The summed E-state index contributed by atoms with van der Waals surface area (Å²) in [6.07, 6.45) is 4.96. The molecule has 2 aliphatic rings. The zero-order valence-electron chi connectivity index (χ0n) is 31.5. The van der Waals surface area contributed by atoms with Crippen molar-refractivity contribution in [3.63, 3.8) is 0 Å². The van der Waals surface area contributed by atoms with Crippen LogP contribution in [0.15, 0.2) is 48.5 Å². The molecule has 0 heterocycles. The fraction of sp³-hybridized carbons (Fsp3) is 0.659. The number of amides is 2. The Labute approximate surface area is 300 Å². The average Bonchev–Trinajstić information content (AvgIpc) is 3.36. The molecule has 9 heteroatoms. The summed E-state index contributed by atoms with van der Waals surface area (Å²) in [5.74, 6) is 0.302. The molecule has 3 unspecified atom stereocenters. The molecular weight excluding hydrogens is 630 g/mol. The first-order valence-corrected chi connectivity index (χ1v) is 18.9. The van der Waals surface area contributed by atoms with E-state index in [-0.39, 0.29) is 12.3 Å². The van der Waals surface area contributed by atoms with Crippen molar-refractivity contribution in [3.05, 3.63) is 65.2 Å². The maximum atomic E-state index is 14.1. The number of aliphatic hydroxyl groups excluding tert-OH is 2. The highest BCUT2D eigenvalue weighted by Gasteiger charge is 2.36. The van der Waals surface area contributed by atoms with Gasteiger partial charge in [-0.15, -0.1) is 0 Å². The lowest BCUT2D eigenvalue weighted by atomic mass is 9.82. The first kappa shape index (κ1) is 39.6. The van der Waals surface area contributed by atoms with Gasteiger partial charge < -0.3 is 30.3 Å². The fourth-order valence-electron chi connectivity index (χ4n) is 7.70. The van der Waals surface area contributed by atoms with Crippen LogP contribution >= 0.6 is 0 Å². The number of carbonyl (C=O) groups excluding carboxylic acids is 2. The zero-order valence-corrected chi connectivity index (χ0v) is 31.5. The quantitative estimate of drug-likeness (QED) is 0.154. The lowest BCUT2D eigenvalue weighted by Gasteiger charge is -2.32. The smallest absolute Gasteiger partial charge is 0.407 e. The van der Waals surface area contributed by atoms with Crippen molar-refractivity contribution in [2.75, 3.05) is 13.2 Å². The lowest BCUT2D eigenvalue weighted by molar-refractivity contribution is -0.127. The molecule has 5 atom stereocenters. The van der Waals surface area contributed by atoms with Crippen molar-refractivity contribution in [2.45, 2.75) is 148 Å². The molecule has 4 rings (SSSR count). The predicted molar refractivity (Wildman–Crippen MR) is 198 cm³/mol. The Kier molecular flexibility index (Phi) is 14.6. The highest BCUT2D eigenvalue weighted by Crippen LogP contribution is 2.33. The molecule has 278 valence electrons. The van der Waals surface area contributed by atoms with E-state index in [0.29, 0.717) is 43.9 Å². The van der Waals surface area contributed by atoms with E-state index < -0.39 is 41.9 Å². The largest absolute Gasteiger partial charge is 0.492 e. The SMILES string of the molecule is CC(C)N(CCOc1ccc(CC(CC(O)C(CC2CCCCC2)NC(=O)OC(C)(C)C)C(=O)N[C@H]2c3ccccc3C[C@@H]2O)cc1)C(C)C. The Bertz CT molecular complexity index is 1340. The van der Waals surface area contributed by atoms with Crippen molar-refractivity contribution < 1.29 is 29.3 Å². The molecule has 4 N–H and O–H groups in total. The summed E-state index contributed by atoms with van der Waals surface area (Å²) in [7, 11) is 0. The first-order chi connectivity index (χ1) is 23.7. The minimum Gasteiger partial charge on any atom is -0.492 e. The van der Waals surface area contributed by atoms with E-state index in [1.54, 1.807) is 0 Å². The second-order valence-electron chi connectivity index (χ2n) is 16.1. The number of ether oxygens (including phenoxy) is 2. The van der Waals surface area contributed by atoms with Gasteiger partial charge in [0.25, 0.3) is 0 Å². The second kappa shape index (κ2) is 18.4. The summed E-state index contributed by atoms with van der Waals surface area (Å²) < 4.78 is 11.7. The van der Waals surface area contributed by atoms with Crippen LogP contribution in [0.1, 0.15) is 116 Å². The minimum atomic E-state index is -0.978. The molecule has 2 amide bonds. The number of carbonyl (C=O) groups is 2. The summed E-state index contributed by atoms with van der Waals surface area (Å²) in [5, 5.41) is 28.8. The van der Waals surface area contributed by atoms with Crippen LogP contribution in [-0.4, -0.2) is 76.2 Å². The fourth-order valence-corrected chi connectivity index (χ4v) is 7.70. The number of aliphatic hydroxyl groups is 2. The number of alkyl carbamates (subject to hydrolysis) is 1. The molecule has 0 radical (unpaired) electrons. The van der Waals surface area contributed by atoms with Crippen molar-refractivity contribution in [2.24, 2.45) is 11.8 Å². The molecule has 2 aromatic rings. The van der Waals surface area contributed by atoms with Crippen LogP contribution in [0.25, 0.3) is 0 Å². The minimum absolute atomic E-state index is 0.141. The van der Waals surface area contributed by atoms with Crippen LogP contribution in [0.5, 0.6) is 5.75 Å². The molecule has 0 saturated heterocycles. The molecule has 2 aliphatic carbocycles. The van der Waals surface area contributed by atoms with Crippen LogP contribution in [-0.2, 0) is 22.4 Å². The topological polar surface area (TPSA) is 120 Å². The molecule has 1 fully saturated rings. The predicted octanol–water partition coefficient (Wildman–Crippen LogP) is 6.73. The molecule has 0 aliphatic heterocycles. The summed E-state index contributed by atoms with van der Waals surface area (Å²) in [6.45, 7) is 15.6. The average molecular weight is 694 g/mol. The van der Waals surface area contributed by atoms with Gasteiger partial charge in [0, 0.05) is 31.0 Å². The van der Waals surface area contributed by atoms with Gasteiger partial charge >= 0.3 is 6.09 Å². The third kappa shape index (κ3) is 12.0. The number of nitrogens with zero attached hydrogens (tertiary/aromatic N) is 1. The lowest BCUT2D eigenvalue weighted by Crippen LogP contribution is -2.48. The molecule has 0 spiro atoms. The van der Waals surface area contributed by atoms with Crippen LogP contribution in [0.2, 0.25) is 0 Å². The van der Waals surface area contributed by atoms with E-state index in [1.165, 1.54) is 6.42 Å². The number of hydrogen-bond donors (Lipinski definition) is 4.